The van der Waals surface area contributed by atoms with Crippen molar-refractivity contribution in [3.8, 4) is 0 Å². The zero-order chi connectivity index (χ0) is 11.1. The summed E-state index contributed by atoms with van der Waals surface area (Å²) in [5.74, 6) is 1.34. The SMILES string of the molecule is CCN(CC(COI)C(C)C)C(C)C. The minimum atomic E-state index is 0.635. The van der Waals surface area contributed by atoms with E-state index in [2.05, 4.69) is 39.5 Å². The smallest absolute Gasteiger partial charge is 0.109 e. The molecule has 0 saturated carbocycles. The van der Waals surface area contributed by atoms with Crippen LogP contribution in [0.1, 0.15) is 34.6 Å². The molecule has 0 fully saturated rings. The zero-order valence-electron chi connectivity index (χ0n) is 10.1. The van der Waals surface area contributed by atoms with Gasteiger partial charge in [-0.15, -0.1) is 0 Å². The van der Waals surface area contributed by atoms with Gasteiger partial charge in [0.15, 0.2) is 0 Å². The molecule has 2 nitrogen and oxygen atoms in total. The van der Waals surface area contributed by atoms with Gasteiger partial charge in [-0.1, -0.05) is 20.8 Å². The van der Waals surface area contributed by atoms with Crippen molar-refractivity contribution >= 4 is 23.0 Å². The molecule has 0 aromatic heterocycles. The molecular weight excluding hydrogens is 289 g/mol. The molecule has 0 N–H and O–H groups in total. The van der Waals surface area contributed by atoms with Crippen molar-refractivity contribution < 1.29 is 3.07 Å². The lowest BCUT2D eigenvalue weighted by Crippen LogP contribution is -2.38. The van der Waals surface area contributed by atoms with Crippen LogP contribution in [-0.2, 0) is 3.07 Å². The van der Waals surface area contributed by atoms with Gasteiger partial charge in [0.2, 0.25) is 0 Å². The van der Waals surface area contributed by atoms with Crippen LogP contribution in [-0.4, -0.2) is 30.6 Å². The van der Waals surface area contributed by atoms with Crippen LogP contribution >= 0.6 is 23.0 Å². The van der Waals surface area contributed by atoms with Crippen molar-refractivity contribution in [3.05, 3.63) is 0 Å². The molecule has 0 radical (unpaired) electrons. The minimum absolute atomic E-state index is 0.635. The number of hydrogen-bond acceptors (Lipinski definition) is 2. The third kappa shape index (κ3) is 5.51. The summed E-state index contributed by atoms with van der Waals surface area (Å²) >= 11 is 1.99. The number of nitrogens with zero attached hydrogens (tertiary/aromatic N) is 1. The van der Waals surface area contributed by atoms with Crippen molar-refractivity contribution in [1.82, 2.24) is 4.90 Å². The highest BCUT2D eigenvalue weighted by molar-refractivity contribution is 14.1. The molecule has 0 saturated heterocycles. The Morgan fingerprint density at radius 1 is 1.21 bits per heavy atom. The van der Waals surface area contributed by atoms with E-state index < -0.39 is 0 Å². The average Bonchev–Trinajstić information content (AvgIpc) is 2.11. The quantitative estimate of drug-likeness (QED) is 0.668. The van der Waals surface area contributed by atoms with Crippen molar-refractivity contribution in [2.45, 2.75) is 40.7 Å². The van der Waals surface area contributed by atoms with Gasteiger partial charge < -0.3 is 7.97 Å². The van der Waals surface area contributed by atoms with Gasteiger partial charge in [-0.3, -0.25) is 0 Å². The van der Waals surface area contributed by atoms with Crippen LogP contribution in [0.15, 0.2) is 0 Å². The fourth-order valence-corrected chi connectivity index (χ4v) is 2.01. The summed E-state index contributed by atoms with van der Waals surface area (Å²) in [5, 5.41) is 0. The molecule has 0 rings (SSSR count). The first kappa shape index (κ1) is 14.6. The highest BCUT2D eigenvalue weighted by Crippen LogP contribution is 2.15. The highest BCUT2D eigenvalue weighted by Gasteiger charge is 2.18. The standard InChI is InChI=1S/C11H24INO/c1-6-13(10(4)5)7-11(8-14-12)9(2)3/h9-11H,6-8H2,1-5H3. The van der Waals surface area contributed by atoms with E-state index in [-0.39, 0.29) is 0 Å². The molecule has 0 aliphatic heterocycles. The van der Waals surface area contributed by atoms with Crippen molar-refractivity contribution in [3.63, 3.8) is 0 Å². The fourth-order valence-electron chi connectivity index (χ4n) is 1.54. The van der Waals surface area contributed by atoms with Crippen molar-refractivity contribution in [2.24, 2.45) is 11.8 Å². The van der Waals surface area contributed by atoms with Crippen molar-refractivity contribution in [2.75, 3.05) is 19.7 Å². The maximum Gasteiger partial charge on any atom is 0.109 e. The highest BCUT2D eigenvalue weighted by atomic mass is 127. The van der Waals surface area contributed by atoms with Gasteiger partial charge >= 0.3 is 0 Å². The first-order valence-corrected chi connectivity index (χ1v) is 6.38. The van der Waals surface area contributed by atoms with E-state index in [4.69, 9.17) is 3.07 Å². The number of halogens is 1. The van der Waals surface area contributed by atoms with Gasteiger partial charge in [-0.05, 0) is 32.2 Å². The maximum atomic E-state index is 5.23. The van der Waals surface area contributed by atoms with Gasteiger partial charge in [0.05, 0.1) is 6.61 Å². The molecule has 14 heavy (non-hydrogen) atoms. The maximum absolute atomic E-state index is 5.23. The molecule has 0 bridgehead atoms. The predicted molar refractivity (Wildman–Crippen MR) is 70.7 cm³/mol. The lowest BCUT2D eigenvalue weighted by molar-refractivity contribution is 0.145. The van der Waals surface area contributed by atoms with E-state index in [0.29, 0.717) is 17.9 Å². The lowest BCUT2D eigenvalue weighted by atomic mass is 9.96. The summed E-state index contributed by atoms with van der Waals surface area (Å²) in [6.07, 6.45) is 0. The molecule has 0 spiro atoms. The van der Waals surface area contributed by atoms with Gasteiger partial charge in [-0.2, -0.15) is 0 Å². The minimum Gasteiger partial charge on any atom is -0.315 e. The van der Waals surface area contributed by atoms with E-state index in [0.717, 1.165) is 19.7 Å². The van der Waals surface area contributed by atoms with E-state index in [9.17, 15) is 0 Å². The second kappa shape index (κ2) is 7.88. The third-order valence-electron chi connectivity index (χ3n) is 2.83. The molecule has 0 aliphatic rings. The zero-order valence-corrected chi connectivity index (χ0v) is 12.2. The molecule has 3 heteroatoms. The molecule has 0 aromatic carbocycles. The van der Waals surface area contributed by atoms with Crippen LogP contribution in [0.3, 0.4) is 0 Å². The van der Waals surface area contributed by atoms with Crippen LogP contribution in [0.5, 0.6) is 0 Å². The number of hydrogen-bond donors (Lipinski definition) is 0. The van der Waals surface area contributed by atoms with Gasteiger partial charge in [0, 0.05) is 12.6 Å². The van der Waals surface area contributed by atoms with E-state index in [1.54, 1.807) is 0 Å². The molecular formula is C11H24INO. The Morgan fingerprint density at radius 3 is 2.07 bits per heavy atom. The second-order valence-corrected chi connectivity index (χ2v) is 5.08. The van der Waals surface area contributed by atoms with Crippen LogP contribution < -0.4 is 0 Å². The van der Waals surface area contributed by atoms with Gasteiger partial charge in [0.25, 0.3) is 0 Å². The first-order valence-electron chi connectivity index (χ1n) is 5.50. The Morgan fingerprint density at radius 2 is 1.79 bits per heavy atom. The third-order valence-corrected chi connectivity index (χ3v) is 3.18. The second-order valence-electron chi connectivity index (χ2n) is 4.46. The summed E-state index contributed by atoms with van der Waals surface area (Å²) < 4.78 is 5.23. The van der Waals surface area contributed by atoms with Gasteiger partial charge in [0.1, 0.15) is 23.0 Å². The van der Waals surface area contributed by atoms with Crippen LogP contribution in [0.4, 0.5) is 0 Å². The molecule has 0 heterocycles. The Kier molecular flexibility index (Phi) is 8.25. The van der Waals surface area contributed by atoms with E-state index >= 15 is 0 Å². The average molecular weight is 313 g/mol. The molecule has 1 unspecified atom stereocenters. The summed E-state index contributed by atoms with van der Waals surface area (Å²) in [7, 11) is 0. The Balaban J connectivity index is 4.11. The summed E-state index contributed by atoms with van der Waals surface area (Å²) in [6, 6.07) is 0.635. The van der Waals surface area contributed by atoms with Crippen LogP contribution in [0.25, 0.3) is 0 Å². The van der Waals surface area contributed by atoms with Crippen LogP contribution in [0, 0.1) is 11.8 Å². The summed E-state index contributed by atoms with van der Waals surface area (Å²) in [4.78, 5) is 2.50. The van der Waals surface area contributed by atoms with Gasteiger partial charge in [-0.25, -0.2) is 0 Å². The Labute approximate surface area is 103 Å². The molecule has 0 aromatic rings. The fraction of sp³-hybridized carbons (Fsp3) is 1.00. The predicted octanol–water partition coefficient (Wildman–Crippen LogP) is 3.36. The van der Waals surface area contributed by atoms with Crippen LogP contribution in [0.2, 0.25) is 0 Å². The number of rotatable bonds is 7. The summed E-state index contributed by atoms with van der Waals surface area (Å²) in [5.41, 5.74) is 0. The monoisotopic (exact) mass is 313 g/mol. The van der Waals surface area contributed by atoms with Crippen molar-refractivity contribution in [1.29, 1.82) is 0 Å². The lowest BCUT2D eigenvalue weighted by Gasteiger charge is -2.30. The first-order chi connectivity index (χ1) is 6.52. The molecule has 86 valence electrons. The molecule has 1 atom stereocenters. The van der Waals surface area contributed by atoms with E-state index in [1.165, 1.54) is 0 Å². The Bertz CT molecular complexity index is 139. The Hall–Kier alpha value is 0.650. The largest absolute Gasteiger partial charge is 0.315 e. The van der Waals surface area contributed by atoms with E-state index in [1.807, 2.05) is 23.0 Å². The normalized spacial score (nSPS) is 14.4. The topological polar surface area (TPSA) is 12.5 Å². The molecule has 0 aliphatic carbocycles. The molecule has 0 amide bonds. The summed E-state index contributed by atoms with van der Waals surface area (Å²) in [6.45, 7) is 14.4.